The number of carbonyl (C=O) groups is 2. The Kier molecular flexibility index (Phi) is 4.01. The van der Waals surface area contributed by atoms with Crippen molar-refractivity contribution in [2.45, 2.75) is 17.9 Å². The van der Waals surface area contributed by atoms with Gasteiger partial charge in [-0.2, -0.15) is 0 Å². The summed E-state index contributed by atoms with van der Waals surface area (Å²) in [6.45, 7) is 2.13. The van der Waals surface area contributed by atoms with Gasteiger partial charge in [0.1, 0.15) is 0 Å². The number of hydrogen-bond donors (Lipinski definition) is 2. The molecule has 4 rings (SSSR count). The van der Waals surface area contributed by atoms with E-state index in [1.54, 1.807) is 12.1 Å². The molecule has 2 aromatic rings. The molecular weight excluding hydrogens is 340 g/mol. The number of hydrogen-bond acceptors (Lipinski definition) is 5. The molecule has 2 aromatic carbocycles. The molecule has 128 valence electrons. The van der Waals surface area contributed by atoms with Crippen molar-refractivity contribution < 1.29 is 19.1 Å². The van der Waals surface area contributed by atoms with Crippen molar-refractivity contribution >= 4 is 29.3 Å². The molecule has 0 aliphatic carbocycles. The van der Waals surface area contributed by atoms with E-state index in [1.165, 1.54) is 11.8 Å². The number of benzene rings is 2. The molecule has 6 nitrogen and oxygen atoms in total. The molecule has 0 unspecified atom stereocenters. The average Bonchev–Trinajstić information content (AvgIpc) is 3.08. The lowest BCUT2D eigenvalue weighted by Crippen LogP contribution is -2.27. The quantitative estimate of drug-likeness (QED) is 0.884. The van der Waals surface area contributed by atoms with Crippen LogP contribution in [0.2, 0.25) is 0 Å². The second kappa shape index (κ2) is 6.33. The van der Waals surface area contributed by atoms with Gasteiger partial charge in [-0.1, -0.05) is 6.07 Å². The van der Waals surface area contributed by atoms with Gasteiger partial charge in [0.25, 0.3) is 5.91 Å². The maximum Gasteiger partial charge on any atom is 0.251 e. The molecule has 2 heterocycles. The number of anilines is 1. The number of rotatable bonds is 3. The second-order valence-electron chi connectivity index (χ2n) is 5.86. The molecule has 2 amide bonds. The summed E-state index contributed by atoms with van der Waals surface area (Å²) in [5, 5.41) is 5.77. The minimum Gasteiger partial charge on any atom is -0.454 e. The fourth-order valence-corrected chi connectivity index (χ4v) is 3.56. The third-order valence-electron chi connectivity index (χ3n) is 4.12. The predicted octanol–water partition coefficient (Wildman–Crippen LogP) is 2.95. The van der Waals surface area contributed by atoms with E-state index in [0.717, 1.165) is 10.5 Å². The van der Waals surface area contributed by atoms with Crippen LogP contribution in [0.3, 0.4) is 0 Å². The summed E-state index contributed by atoms with van der Waals surface area (Å²) in [4.78, 5) is 25.0. The van der Waals surface area contributed by atoms with Crippen molar-refractivity contribution in [3.63, 3.8) is 0 Å². The van der Waals surface area contributed by atoms with E-state index < -0.39 is 0 Å². The van der Waals surface area contributed by atoms with E-state index in [1.807, 2.05) is 31.2 Å². The van der Waals surface area contributed by atoms with Gasteiger partial charge in [-0.3, -0.25) is 9.59 Å². The second-order valence-corrected chi connectivity index (χ2v) is 6.87. The molecule has 0 spiro atoms. The largest absolute Gasteiger partial charge is 0.454 e. The van der Waals surface area contributed by atoms with Crippen molar-refractivity contribution in [1.82, 2.24) is 5.32 Å². The van der Waals surface area contributed by atoms with E-state index in [2.05, 4.69) is 10.6 Å². The van der Waals surface area contributed by atoms with Crippen LogP contribution in [-0.2, 0) is 4.79 Å². The number of nitrogens with one attached hydrogen (secondary N) is 2. The summed E-state index contributed by atoms with van der Waals surface area (Å²) in [6, 6.07) is 10.8. The van der Waals surface area contributed by atoms with Gasteiger partial charge in [-0.15, -0.1) is 11.8 Å². The average molecular weight is 356 g/mol. The Bertz CT molecular complexity index is 868. The molecular formula is C18H16N2O4S. The van der Waals surface area contributed by atoms with Crippen LogP contribution < -0.4 is 20.1 Å². The van der Waals surface area contributed by atoms with Gasteiger partial charge in [-0.05, 0) is 42.8 Å². The van der Waals surface area contributed by atoms with Crippen LogP contribution in [0.1, 0.15) is 28.9 Å². The lowest BCUT2D eigenvalue weighted by Gasteiger charge is -2.18. The molecule has 1 atom stereocenters. The van der Waals surface area contributed by atoms with Gasteiger partial charge in [0, 0.05) is 10.5 Å². The third-order valence-corrected chi connectivity index (χ3v) is 5.19. The molecule has 25 heavy (non-hydrogen) atoms. The number of amides is 2. The topological polar surface area (TPSA) is 76.7 Å². The smallest absolute Gasteiger partial charge is 0.251 e. The molecule has 2 aliphatic heterocycles. The fraction of sp³-hybridized carbons (Fsp3) is 0.222. The summed E-state index contributed by atoms with van der Waals surface area (Å²) in [6.07, 6.45) is 0. The van der Waals surface area contributed by atoms with Gasteiger partial charge in [-0.25, -0.2) is 0 Å². The summed E-state index contributed by atoms with van der Waals surface area (Å²) >= 11 is 1.47. The van der Waals surface area contributed by atoms with Crippen molar-refractivity contribution in [3.05, 3.63) is 47.5 Å². The van der Waals surface area contributed by atoms with Crippen molar-refractivity contribution in [2.24, 2.45) is 0 Å². The SMILES string of the molecule is C[C@@H](NC(=O)c1ccc2c(c1)NC(=O)CS2)c1ccc2c(c1)OCO2. The van der Waals surface area contributed by atoms with Crippen molar-refractivity contribution in [3.8, 4) is 11.5 Å². The summed E-state index contributed by atoms with van der Waals surface area (Å²) in [7, 11) is 0. The van der Waals surface area contributed by atoms with Gasteiger partial charge < -0.3 is 20.1 Å². The van der Waals surface area contributed by atoms with E-state index >= 15 is 0 Å². The first kappa shape index (κ1) is 15.8. The first-order chi connectivity index (χ1) is 12.1. The summed E-state index contributed by atoms with van der Waals surface area (Å²) < 4.78 is 10.7. The Balaban J connectivity index is 1.50. The molecule has 0 radical (unpaired) electrons. The number of carbonyl (C=O) groups excluding carboxylic acids is 2. The Morgan fingerprint density at radius 3 is 2.92 bits per heavy atom. The Labute approximate surface area is 148 Å². The van der Waals surface area contributed by atoms with Gasteiger partial charge >= 0.3 is 0 Å². The minimum atomic E-state index is -0.196. The maximum absolute atomic E-state index is 12.5. The van der Waals surface area contributed by atoms with Crippen LogP contribution in [0.25, 0.3) is 0 Å². The monoisotopic (exact) mass is 356 g/mol. The molecule has 2 aliphatic rings. The highest BCUT2D eigenvalue weighted by Crippen LogP contribution is 2.34. The minimum absolute atomic E-state index is 0.0520. The maximum atomic E-state index is 12.5. The van der Waals surface area contributed by atoms with E-state index in [4.69, 9.17) is 9.47 Å². The zero-order valence-electron chi connectivity index (χ0n) is 13.5. The van der Waals surface area contributed by atoms with Crippen LogP contribution in [-0.4, -0.2) is 24.4 Å². The zero-order chi connectivity index (χ0) is 17.4. The van der Waals surface area contributed by atoms with Crippen LogP contribution in [0.15, 0.2) is 41.3 Å². The first-order valence-electron chi connectivity index (χ1n) is 7.87. The third kappa shape index (κ3) is 3.15. The van der Waals surface area contributed by atoms with E-state index in [-0.39, 0.29) is 24.6 Å². The molecule has 0 aromatic heterocycles. The number of thioether (sulfide) groups is 1. The normalized spacial score (nSPS) is 16.0. The lowest BCUT2D eigenvalue weighted by molar-refractivity contribution is -0.113. The Morgan fingerprint density at radius 2 is 2.04 bits per heavy atom. The molecule has 2 N–H and O–H groups in total. The summed E-state index contributed by atoms with van der Waals surface area (Å²) in [5.41, 5.74) is 2.12. The van der Waals surface area contributed by atoms with Gasteiger partial charge in [0.2, 0.25) is 12.7 Å². The molecule has 0 bridgehead atoms. The number of fused-ring (bicyclic) bond motifs is 2. The molecule has 0 saturated carbocycles. The molecule has 7 heteroatoms. The standard InChI is InChI=1S/C18H16N2O4S/c1-10(11-2-4-14-15(7-11)24-9-23-14)19-18(22)12-3-5-16-13(6-12)20-17(21)8-25-16/h2-7,10H,8-9H2,1H3,(H,19,22)(H,20,21)/t10-/m1/s1. The van der Waals surface area contributed by atoms with Crippen molar-refractivity contribution in [2.75, 3.05) is 17.9 Å². The van der Waals surface area contributed by atoms with Crippen molar-refractivity contribution in [1.29, 1.82) is 0 Å². The van der Waals surface area contributed by atoms with Crippen LogP contribution >= 0.6 is 11.8 Å². The number of ether oxygens (including phenoxy) is 2. The van der Waals surface area contributed by atoms with Gasteiger partial charge in [0.15, 0.2) is 11.5 Å². The lowest BCUT2D eigenvalue weighted by atomic mass is 10.1. The highest BCUT2D eigenvalue weighted by molar-refractivity contribution is 8.00. The van der Waals surface area contributed by atoms with E-state index in [9.17, 15) is 9.59 Å². The zero-order valence-corrected chi connectivity index (χ0v) is 14.3. The Hall–Kier alpha value is -2.67. The van der Waals surface area contributed by atoms with Crippen LogP contribution in [0.4, 0.5) is 5.69 Å². The highest BCUT2D eigenvalue weighted by atomic mass is 32.2. The highest BCUT2D eigenvalue weighted by Gasteiger charge is 2.20. The van der Waals surface area contributed by atoms with Crippen LogP contribution in [0, 0.1) is 0 Å². The van der Waals surface area contributed by atoms with Gasteiger partial charge in [0.05, 0.1) is 17.5 Å². The molecule has 0 fully saturated rings. The molecule has 0 saturated heterocycles. The summed E-state index contributed by atoms with van der Waals surface area (Å²) in [5.74, 6) is 1.55. The fourth-order valence-electron chi connectivity index (χ4n) is 2.77. The first-order valence-corrected chi connectivity index (χ1v) is 8.86. The predicted molar refractivity (Wildman–Crippen MR) is 94.2 cm³/mol. The van der Waals surface area contributed by atoms with E-state index in [0.29, 0.717) is 28.5 Å². The van der Waals surface area contributed by atoms with Crippen LogP contribution in [0.5, 0.6) is 11.5 Å². The Morgan fingerprint density at radius 1 is 1.20 bits per heavy atom.